The molecule has 10 heteroatoms. The van der Waals surface area contributed by atoms with Gasteiger partial charge in [0.1, 0.15) is 5.69 Å². The number of hydrogen-bond donors (Lipinski definition) is 0. The maximum absolute atomic E-state index is 13.4. The average molecular weight is 535 g/mol. The third kappa shape index (κ3) is 5.91. The fourth-order valence-corrected chi connectivity index (χ4v) is 4.44. The van der Waals surface area contributed by atoms with E-state index in [-0.39, 0.29) is 12.3 Å². The molecule has 40 heavy (non-hydrogen) atoms. The Hall–Kier alpha value is -5.25. The van der Waals surface area contributed by atoms with E-state index in [0.29, 0.717) is 47.6 Å². The highest BCUT2D eigenvalue weighted by atomic mass is 16.6. The van der Waals surface area contributed by atoms with Crippen LogP contribution in [0.15, 0.2) is 91.1 Å². The van der Waals surface area contributed by atoms with Gasteiger partial charge in [0.25, 0.3) is 5.69 Å². The summed E-state index contributed by atoms with van der Waals surface area (Å²) in [5.74, 6) is -0.453. The van der Waals surface area contributed by atoms with Crippen molar-refractivity contribution in [1.29, 1.82) is 0 Å². The zero-order valence-corrected chi connectivity index (χ0v) is 21.8. The van der Waals surface area contributed by atoms with Gasteiger partial charge in [0, 0.05) is 29.5 Å². The maximum Gasteiger partial charge on any atom is 0.340 e. The van der Waals surface area contributed by atoms with E-state index < -0.39 is 10.9 Å². The molecule has 200 valence electrons. The molecule has 0 spiro atoms. The Morgan fingerprint density at radius 1 is 0.875 bits per heavy atom. The molecule has 0 aliphatic rings. The first-order valence-electron chi connectivity index (χ1n) is 12.8. The summed E-state index contributed by atoms with van der Waals surface area (Å²) in [7, 11) is 0. The van der Waals surface area contributed by atoms with Gasteiger partial charge in [-0.3, -0.25) is 10.1 Å². The molecule has 5 rings (SSSR count). The molecule has 2 heterocycles. The number of non-ortho nitro benzene ring substituents is 1. The van der Waals surface area contributed by atoms with Crippen molar-refractivity contribution in [2.24, 2.45) is 0 Å². The van der Waals surface area contributed by atoms with E-state index >= 15 is 0 Å². The number of nitro benzene ring substituents is 1. The molecule has 0 bridgehead atoms. The van der Waals surface area contributed by atoms with Crippen LogP contribution in [0, 0.1) is 10.1 Å². The molecule has 0 saturated heterocycles. The largest absolute Gasteiger partial charge is 0.462 e. The van der Waals surface area contributed by atoms with Crippen LogP contribution in [0.2, 0.25) is 0 Å². The van der Waals surface area contributed by atoms with Crippen LogP contribution in [0.4, 0.5) is 5.69 Å². The molecule has 10 nitrogen and oxygen atoms in total. The smallest absolute Gasteiger partial charge is 0.340 e. The summed E-state index contributed by atoms with van der Waals surface area (Å²) in [6.07, 6.45) is 2.68. The van der Waals surface area contributed by atoms with Crippen LogP contribution in [0.5, 0.6) is 0 Å². The molecule has 0 N–H and O–H groups in total. The lowest BCUT2D eigenvalue weighted by atomic mass is 9.93. The Bertz CT molecular complexity index is 1620. The summed E-state index contributed by atoms with van der Waals surface area (Å²) in [5.41, 5.74) is 5.49. The lowest BCUT2D eigenvalue weighted by molar-refractivity contribution is -0.384. The van der Waals surface area contributed by atoms with Gasteiger partial charge in [-0.1, -0.05) is 78.0 Å². The van der Waals surface area contributed by atoms with Gasteiger partial charge in [0.15, 0.2) is 0 Å². The fraction of sp³-hybridized carbons (Fsp3) is 0.167. The molecule has 5 aromatic rings. The van der Waals surface area contributed by atoms with Crippen molar-refractivity contribution in [3.8, 4) is 22.4 Å². The van der Waals surface area contributed by atoms with Crippen LogP contribution in [0.25, 0.3) is 22.4 Å². The minimum Gasteiger partial charge on any atom is -0.462 e. The molecule has 0 aliphatic heterocycles. The van der Waals surface area contributed by atoms with Gasteiger partial charge in [0.05, 0.1) is 35.0 Å². The van der Waals surface area contributed by atoms with Crippen LogP contribution in [0.1, 0.15) is 34.2 Å². The molecular formula is C30H26N6O4. The van der Waals surface area contributed by atoms with Crippen molar-refractivity contribution in [3.63, 3.8) is 0 Å². The first-order valence-corrected chi connectivity index (χ1v) is 12.8. The van der Waals surface area contributed by atoms with Crippen molar-refractivity contribution in [3.05, 3.63) is 124 Å². The number of carbonyl (C=O) groups excluding carboxylic acids is 1. The summed E-state index contributed by atoms with van der Waals surface area (Å²) in [4.78, 5) is 23.8. The number of aromatic nitrogens is 5. The number of aryl methyl sites for hydroxylation is 2. The van der Waals surface area contributed by atoms with Crippen molar-refractivity contribution in [2.75, 3.05) is 6.61 Å². The van der Waals surface area contributed by atoms with E-state index in [9.17, 15) is 14.9 Å². The first kappa shape index (κ1) is 26.4. The predicted molar refractivity (Wildman–Crippen MR) is 148 cm³/mol. The quantitative estimate of drug-likeness (QED) is 0.134. The maximum atomic E-state index is 13.4. The number of benzene rings is 3. The summed E-state index contributed by atoms with van der Waals surface area (Å²) in [5, 5.41) is 28.4. The lowest BCUT2D eigenvalue weighted by Gasteiger charge is -2.16. The SMILES string of the molecule is CCOC(=O)c1c(CCc2cn(Cc3ccc([N+](=O)[O-])cc3)nn2)nnc(-c2ccccc2)c1-c1ccccc1. The van der Waals surface area contributed by atoms with E-state index in [1.54, 1.807) is 23.7 Å². The fourth-order valence-electron chi connectivity index (χ4n) is 4.44. The highest BCUT2D eigenvalue weighted by Crippen LogP contribution is 2.35. The zero-order chi connectivity index (χ0) is 27.9. The summed E-state index contributed by atoms with van der Waals surface area (Å²) < 4.78 is 7.16. The molecule has 0 fully saturated rings. The van der Waals surface area contributed by atoms with Gasteiger partial charge in [-0.05, 0) is 30.9 Å². The highest BCUT2D eigenvalue weighted by Gasteiger charge is 2.25. The van der Waals surface area contributed by atoms with Gasteiger partial charge < -0.3 is 4.74 Å². The minimum absolute atomic E-state index is 0.0368. The van der Waals surface area contributed by atoms with Crippen LogP contribution < -0.4 is 0 Å². The van der Waals surface area contributed by atoms with E-state index in [4.69, 9.17) is 4.74 Å². The number of rotatable bonds is 10. The van der Waals surface area contributed by atoms with Gasteiger partial charge in [-0.15, -0.1) is 10.2 Å². The third-order valence-electron chi connectivity index (χ3n) is 6.33. The van der Waals surface area contributed by atoms with Gasteiger partial charge in [-0.25, -0.2) is 9.48 Å². The van der Waals surface area contributed by atoms with Crippen molar-refractivity contribution < 1.29 is 14.5 Å². The standard InChI is InChI=1S/C30H26N6O4/c1-2-40-30(37)28-26(18-15-24-20-35(34-31-24)19-21-13-16-25(17-14-21)36(38)39)32-33-29(23-11-7-4-8-12-23)27(28)22-9-5-3-6-10-22/h3-14,16-17,20H,2,15,18-19H2,1H3. The van der Waals surface area contributed by atoms with Gasteiger partial charge >= 0.3 is 5.97 Å². The highest BCUT2D eigenvalue weighted by molar-refractivity contribution is 6.02. The van der Waals surface area contributed by atoms with E-state index in [2.05, 4.69) is 20.5 Å². The Morgan fingerprint density at radius 2 is 1.55 bits per heavy atom. The second-order valence-electron chi connectivity index (χ2n) is 9.03. The monoisotopic (exact) mass is 534 g/mol. The van der Waals surface area contributed by atoms with Crippen molar-refractivity contribution in [1.82, 2.24) is 25.2 Å². The first-order chi connectivity index (χ1) is 19.5. The van der Waals surface area contributed by atoms with Crippen molar-refractivity contribution in [2.45, 2.75) is 26.3 Å². The summed E-state index contributed by atoms with van der Waals surface area (Å²) in [6, 6.07) is 25.6. The molecule has 0 amide bonds. The third-order valence-corrected chi connectivity index (χ3v) is 6.33. The number of hydrogen-bond acceptors (Lipinski definition) is 8. The Balaban J connectivity index is 1.45. The van der Waals surface area contributed by atoms with Crippen LogP contribution in [-0.4, -0.2) is 42.7 Å². The van der Waals surface area contributed by atoms with Crippen molar-refractivity contribution >= 4 is 11.7 Å². The summed E-state index contributed by atoms with van der Waals surface area (Å²) >= 11 is 0. The number of nitrogens with zero attached hydrogens (tertiary/aromatic N) is 6. The van der Waals surface area contributed by atoms with E-state index in [0.717, 1.165) is 16.7 Å². The lowest BCUT2D eigenvalue weighted by Crippen LogP contribution is -2.15. The average Bonchev–Trinajstić information content (AvgIpc) is 3.44. The van der Waals surface area contributed by atoms with E-state index in [1.807, 2.05) is 66.9 Å². The Labute approximate surface area is 230 Å². The Kier molecular flexibility index (Phi) is 7.96. The summed E-state index contributed by atoms with van der Waals surface area (Å²) in [6.45, 7) is 2.42. The molecule has 3 aromatic carbocycles. The molecule has 0 aliphatic carbocycles. The molecule has 0 atom stereocenters. The van der Waals surface area contributed by atoms with E-state index in [1.165, 1.54) is 12.1 Å². The minimum atomic E-state index is -0.453. The molecular weight excluding hydrogens is 508 g/mol. The number of esters is 1. The topological polar surface area (TPSA) is 126 Å². The number of ether oxygens (including phenoxy) is 1. The zero-order valence-electron chi connectivity index (χ0n) is 21.8. The molecule has 2 aromatic heterocycles. The van der Waals surface area contributed by atoms with Crippen LogP contribution >= 0.6 is 0 Å². The van der Waals surface area contributed by atoms with Gasteiger partial charge in [-0.2, -0.15) is 5.10 Å². The normalized spacial score (nSPS) is 10.8. The number of nitro groups is 1. The van der Waals surface area contributed by atoms with Gasteiger partial charge in [0.2, 0.25) is 0 Å². The molecule has 0 saturated carbocycles. The molecule has 0 radical (unpaired) electrons. The van der Waals surface area contributed by atoms with Crippen LogP contribution in [-0.2, 0) is 24.1 Å². The molecule has 0 unspecified atom stereocenters. The predicted octanol–water partition coefficient (Wildman–Crippen LogP) is 5.32. The Morgan fingerprint density at radius 3 is 2.20 bits per heavy atom. The second kappa shape index (κ2) is 12.1. The second-order valence-corrected chi connectivity index (χ2v) is 9.03. The van der Waals surface area contributed by atoms with Crippen LogP contribution in [0.3, 0.4) is 0 Å². The number of carbonyl (C=O) groups is 1.